The molecule has 2 aromatic carbocycles. The molecule has 132 valence electrons. The van der Waals surface area contributed by atoms with Gasteiger partial charge in [-0.25, -0.2) is 4.39 Å². The van der Waals surface area contributed by atoms with Crippen molar-refractivity contribution in [1.82, 2.24) is 4.98 Å². The van der Waals surface area contributed by atoms with Crippen molar-refractivity contribution in [3.63, 3.8) is 0 Å². The van der Waals surface area contributed by atoms with E-state index >= 15 is 0 Å². The van der Waals surface area contributed by atoms with Crippen molar-refractivity contribution in [2.75, 3.05) is 0 Å². The van der Waals surface area contributed by atoms with Crippen LogP contribution in [-0.2, 0) is 18.1 Å². The minimum Gasteiger partial charge on any atom is -0.489 e. The van der Waals surface area contributed by atoms with Crippen molar-refractivity contribution >= 4 is 5.84 Å². The van der Waals surface area contributed by atoms with E-state index in [1.54, 1.807) is 48.8 Å². The summed E-state index contributed by atoms with van der Waals surface area (Å²) in [5.74, 6) is 0.635. The summed E-state index contributed by atoms with van der Waals surface area (Å²) in [6.07, 6.45) is 3.48. The SMILES string of the molecule is NC(=NOCc1cccc(F)c1)c1ccc(OCc2cccnc2)cc1. The molecule has 1 heterocycles. The van der Waals surface area contributed by atoms with Gasteiger partial charge >= 0.3 is 0 Å². The maximum absolute atomic E-state index is 13.1. The number of pyridine rings is 1. The van der Waals surface area contributed by atoms with Crippen LogP contribution in [0.4, 0.5) is 4.39 Å². The second kappa shape index (κ2) is 8.62. The number of ether oxygens (including phenoxy) is 1. The molecule has 0 aliphatic rings. The Morgan fingerprint density at radius 3 is 2.54 bits per heavy atom. The monoisotopic (exact) mass is 351 g/mol. The Balaban J connectivity index is 1.53. The van der Waals surface area contributed by atoms with Crippen LogP contribution in [-0.4, -0.2) is 10.8 Å². The van der Waals surface area contributed by atoms with Gasteiger partial charge in [-0.3, -0.25) is 4.98 Å². The molecule has 3 rings (SSSR count). The van der Waals surface area contributed by atoms with Crippen molar-refractivity contribution in [1.29, 1.82) is 0 Å². The summed E-state index contributed by atoms with van der Waals surface area (Å²) >= 11 is 0. The molecule has 0 saturated carbocycles. The predicted molar refractivity (Wildman–Crippen MR) is 96.9 cm³/mol. The lowest BCUT2D eigenvalue weighted by Crippen LogP contribution is -2.13. The van der Waals surface area contributed by atoms with Gasteiger partial charge in [-0.2, -0.15) is 0 Å². The lowest BCUT2D eigenvalue weighted by Gasteiger charge is -2.07. The first-order chi connectivity index (χ1) is 12.7. The Kier molecular flexibility index (Phi) is 5.77. The van der Waals surface area contributed by atoms with E-state index in [4.69, 9.17) is 15.3 Å². The standard InChI is InChI=1S/C20H18FN3O2/c21-18-5-1-3-15(11-18)14-26-24-20(22)17-6-8-19(9-7-17)25-13-16-4-2-10-23-12-16/h1-12H,13-14H2,(H2,22,24). The summed E-state index contributed by atoms with van der Waals surface area (Å²) in [5.41, 5.74) is 8.28. The number of aromatic nitrogens is 1. The molecule has 0 amide bonds. The molecule has 1 aromatic heterocycles. The predicted octanol–water partition coefficient (Wildman–Crippen LogP) is 3.64. The number of amidine groups is 1. The Labute approximate surface area is 150 Å². The average Bonchev–Trinajstić information content (AvgIpc) is 2.67. The third kappa shape index (κ3) is 5.04. The Bertz CT molecular complexity index is 868. The van der Waals surface area contributed by atoms with E-state index in [2.05, 4.69) is 10.1 Å². The van der Waals surface area contributed by atoms with E-state index in [1.807, 2.05) is 12.1 Å². The number of nitrogens with two attached hydrogens (primary N) is 1. The highest BCUT2D eigenvalue weighted by atomic mass is 19.1. The molecule has 0 fully saturated rings. The lowest BCUT2D eigenvalue weighted by molar-refractivity contribution is 0.130. The van der Waals surface area contributed by atoms with Crippen LogP contribution in [0.3, 0.4) is 0 Å². The Morgan fingerprint density at radius 2 is 1.81 bits per heavy atom. The van der Waals surface area contributed by atoms with Crippen LogP contribution in [0.5, 0.6) is 5.75 Å². The van der Waals surface area contributed by atoms with Gasteiger partial charge in [0.05, 0.1) is 0 Å². The lowest BCUT2D eigenvalue weighted by atomic mass is 10.2. The summed E-state index contributed by atoms with van der Waals surface area (Å²) in [5, 5.41) is 3.87. The summed E-state index contributed by atoms with van der Waals surface area (Å²) in [7, 11) is 0. The minimum atomic E-state index is -0.315. The van der Waals surface area contributed by atoms with Gasteiger partial charge in [-0.05, 0) is 48.0 Å². The maximum Gasteiger partial charge on any atom is 0.170 e. The van der Waals surface area contributed by atoms with Gasteiger partial charge in [0.25, 0.3) is 0 Å². The largest absolute Gasteiger partial charge is 0.489 e. The fourth-order valence-corrected chi connectivity index (χ4v) is 2.23. The molecule has 0 aliphatic heterocycles. The maximum atomic E-state index is 13.1. The second-order valence-electron chi connectivity index (χ2n) is 5.55. The third-order valence-electron chi connectivity index (χ3n) is 3.56. The van der Waals surface area contributed by atoms with E-state index in [1.165, 1.54) is 12.1 Å². The van der Waals surface area contributed by atoms with Crippen molar-refractivity contribution in [3.05, 3.63) is 95.6 Å². The zero-order valence-electron chi connectivity index (χ0n) is 14.0. The number of hydrogen-bond acceptors (Lipinski definition) is 4. The molecule has 0 atom stereocenters. The van der Waals surface area contributed by atoms with Crippen molar-refractivity contribution < 1.29 is 14.0 Å². The second-order valence-corrected chi connectivity index (χ2v) is 5.55. The number of benzene rings is 2. The van der Waals surface area contributed by atoms with Crippen LogP contribution >= 0.6 is 0 Å². The molecule has 0 unspecified atom stereocenters. The Morgan fingerprint density at radius 1 is 1.00 bits per heavy atom. The fraction of sp³-hybridized carbons (Fsp3) is 0.100. The highest BCUT2D eigenvalue weighted by molar-refractivity contribution is 5.97. The summed E-state index contributed by atoms with van der Waals surface area (Å²) in [4.78, 5) is 9.23. The van der Waals surface area contributed by atoms with Gasteiger partial charge in [-0.1, -0.05) is 23.4 Å². The van der Waals surface area contributed by atoms with Gasteiger partial charge in [-0.15, -0.1) is 0 Å². The zero-order chi connectivity index (χ0) is 18.2. The molecule has 0 aliphatic carbocycles. The zero-order valence-corrected chi connectivity index (χ0v) is 14.0. The molecule has 0 spiro atoms. The molecule has 26 heavy (non-hydrogen) atoms. The van der Waals surface area contributed by atoms with E-state index < -0.39 is 0 Å². The van der Waals surface area contributed by atoms with Crippen LogP contribution in [0.15, 0.2) is 78.2 Å². The number of oxime groups is 1. The smallest absolute Gasteiger partial charge is 0.170 e. The van der Waals surface area contributed by atoms with Crippen molar-refractivity contribution in [2.45, 2.75) is 13.2 Å². The fourth-order valence-electron chi connectivity index (χ4n) is 2.23. The van der Waals surface area contributed by atoms with Gasteiger partial charge in [0.1, 0.15) is 24.8 Å². The molecule has 3 aromatic rings. The van der Waals surface area contributed by atoms with Gasteiger partial charge in [0.2, 0.25) is 0 Å². The molecule has 0 radical (unpaired) electrons. The molecule has 5 nitrogen and oxygen atoms in total. The van der Waals surface area contributed by atoms with E-state index in [9.17, 15) is 4.39 Å². The van der Waals surface area contributed by atoms with E-state index in [0.29, 0.717) is 23.5 Å². The summed E-state index contributed by atoms with van der Waals surface area (Å²) in [6.45, 7) is 0.582. The molecular formula is C20H18FN3O2. The average molecular weight is 351 g/mol. The Hall–Kier alpha value is -3.41. The molecular weight excluding hydrogens is 333 g/mol. The molecule has 0 bridgehead atoms. The van der Waals surface area contributed by atoms with E-state index in [-0.39, 0.29) is 18.3 Å². The van der Waals surface area contributed by atoms with Crippen LogP contribution in [0.25, 0.3) is 0 Å². The van der Waals surface area contributed by atoms with Crippen LogP contribution < -0.4 is 10.5 Å². The quantitative estimate of drug-likeness (QED) is 0.401. The molecule has 0 saturated heterocycles. The van der Waals surface area contributed by atoms with Gasteiger partial charge in [0.15, 0.2) is 5.84 Å². The first kappa shape index (κ1) is 17.4. The molecule has 2 N–H and O–H groups in total. The first-order valence-corrected chi connectivity index (χ1v) is 8.03. The normalized spacial score (nSPS) is 11.2. The van der Waals surface area contributed by atoms with Gasteiger partial charge in [0, 0.05) is 23.5 Å². The number of rotatable bonds is 7. The van der Waals surface area contributed by atoms with Crippen LogP contribution in [0.1, 0.15) is 16.7 Å². The number of nitrogens with zero attached hydrogens (tertiary/aromatic N) is 2. The topological polar surface area (TPSA) is 69.7 Å². The van der Waals surface area contributed by atoms with E-state index in [0.717, 1.165) is 5.56 Å². The van der Waals surface area contributed by atoms with Crippen LogP contribution in [0.2, 0.25) is 0 Å². The first-order valence-electron chi connectivity index (χ1n) is 8.03. The van der Waals surface area contributed by atoms with Gasteiger partial charge < -0.3 is 15.3 Å². The molecule has 6 heteroatoms. The highest BCUT2D eigenvalue weighted by Crippen LogP contribution is 2.14. The summed E-state index contributed by atoms with van der Waals surface area (Å²) in [6, 6.07) is 17.1. The number of halogens is 1. The highest BCUT2D eigenvalue weighted by Gasteiger charge is 2.02. The van der Waals surface area contributed by atoms with Crippen LogP contribution in [0, 0.1) is 5.82 Å². The minimum absolute atomic E-state index is 0.144. The van der Waals surface area contributed by atoms with Crippen molar-refractivity contribution in [3.8, 4) is 5.75 Å². The third-order valence-corrected chi connectivity index (χ3v) is 3.56. The van der Waals surface area contributed by atoms with Crippen molar-refractivity contribution in [2.24, 2.45) is 10.9 Å². The summed E-state index contributed by atoms with van der Waals surface area (Å²) < 4.78 is 18.8. The number of hydrogen-bond donors (Lipinski definition) is 1.